The number of benzene rings is 4. The molecule has 146 valence electrons. The predicted molar refractivity (Wildman–Crippen MR) is 131 cm³/mol. The zero-order valence-electron chi connectivity index (χ0n) is 16.7. The Hall–Kier alpha value is -3.82. The van der Waals surface area contributed by atoms with Gasteiger partial charge in [0.15, 0.2) is 0 Å². The van der Waals surface area contributed by atoms with E-state index in [1.165, 1.54) is 32.2 Å². The molecule has 0 fully saturated rings. The molecule has 0 saturated heterocycles. The summed E-state index contributed by atoms with van der Waals surface area (Å²) in [5.74, 6) is 0. The minimum absolute atomic E-state index is 0.995. The van der Waals surface area contributed by atoms with Crippen LogP contribution < -0.4 is 0 Å². The summed E-state index contributed by atoms with van der Waals surface area (Å²) in [6.07, 6.45) is 1.83. The first-order valence-electron chi connectivity index (χ1n) is 10.3. The minimum atomic E-state index is 0.995. The highest BCUT2D eigenvalue weighted by molar-refractivity contribution is 7.21. The van der Waals surface area contributed by atoms with E-state index in [1.807, 2.05) is 30.5 Å². The molecule has 4 aromatic carbocycles. The molecule has 0 aliphatic rings. The van der Waals surface area contributed by atoms with Gasteiger partial charge in [-0.15, -0.1) is 11.3 Å². The predicted octanol–water partition coefficient (Wildman–Crippen LogP) is 7.85. The van der Waals surface area contributed by atoms with Gasteiger partial charge < -0.3 is 0 Å². The lowest BCUT2D eigenvalue weighted by molar-refractivity contribution is 1.33. The van der Waals surface area contributed by atoms with Crippen molar-refractivity contribution in [1.29, 1.82) is 0 Å². The Balaban J connectivity index is 1.34. The summed E-state index contributed by atoms with van der Waals surface area (Å²) in [4.78, 5) is 9.24. The zero-order valence-corrected chi connectivity index (χ0v) is 17.5. The van der Waals surface area contributed by atoms with Crippen LogP contribution in [0.1, 0.15) is 0 Å². The Morgan fingerprint density at radius 1 is 0.548 bits per heavy atom. The van der Waals surface area contributed by atoms with Gasteiger partial charge >= 0.3 is 0 Å². The van der Waals surface area contributed by atoms with Gasteiger partial charge in [0.05, 0.1) is 15.9 Å². The molecular formula is C28H18N2S. The Morgan fingerprint density at radius 2 is 1.23 bits per heavy atom. The first kappa shape index (κ1) is 18.0. The van der Waals surface area contributed by atoms with Crippen LogP contribution in [-0.4, -0.2) is 9.97 Å². The van der Waals surface area contributed by atoms with Gasteiger partial charge in [0, 0.05) is 17.3 Å². The number of pyridine rings is 1. The molecule has 2 nitrogen and oxygen atoms in total. The van der Waals surface area contributed by atoms with Crippen LogP contribution in [0.4, 0.5) is 0 Å². The number of aromatic nitrogens is 2. The highest BCUT2D eigenvalue weighted by atomic mass is 32.1. The highest BCUT2D eigenvalue weighted by Gasteiger charge is 2.08. The Morgan fingerprint density at radius 3 is 2.00 bits per heavy atom. The summed E-state index contributed by atoms with van der Waals surface area (Å²) in [6.45, 7) is 0. The summed E-state index contributed by atoms with van der Waals surface area (Å²) >= 11 is 1.74. The van der Waals surface area contributed by atoms with E-state index >= 15 is 0 Å². The molecule has 0 unspecified atom stereocenters. The molecule has 0 amide bonds. The molecule has 31 heavy (non-hydrogen) atoms. The lowest BCUT2D eigenvalue weighted by Gasteiger charge is -2.07. The van der Waals surface area contributed by atoms with Crippen molar-refractivity contribution in [2.75, 3.05) is 0 Å². The topological polar surface area (TPSA) is 25.8 Å². The number of hydrogen-bond donors (Lipinski definition) is 0. The first-order chi connectivity index (χ1) is 15.3. The van der Waals surface area contributed by atoms with Gasteiger partial charge in [0.2, 0.25) is 0 Å². The van der Waals surface area contributed by atoms with Gasteiger partial charge in [0.25, 0.3) is 0 Å². The maximum atomic E-state index is 4.80. The fourth-order valence-corrected chi connectivity index (χ4v) is 4.88. The van der Waals surface area contributed by atoms with Crippen LogP contribution in [-0.2, 0) is 0 Å². The molecule has 0 aliphatic heterocycles. The van der Waals surface area contributed by atoms with E-state index in [1.54, 1.807) is 11.3 Å². The monoisotopic (exact) mass is 414 g/mol. The van der Waals surface area contributed by atoms with E-state index in [9.17, 15) is 0 Å². The summed E-state index contributed by atoms with van der Waals surface area (Å²) in [7, 11) is 0. The van der Waals surface area contributed by atoms with Gasteiger partial charge in [-0.05, 0) is 58.3 Å². The van der Waals surface area contributed by atoms with E-state index in [0.717, 1.165) is 21.8 Å². The van der Waals surface area contributed by atoms with E-state index in [0.29, 0.717) is 0 Å². The molecule has 6 aromatic rings. The lowest BCUT2D eigenvalue weighted by Crippen LogP contribution is -1.84. The Labute approximate surface area is 184 Å². The molecule has 0 atom stereocenters. The number of rotatable bonds is 3. The van der Waals surface area contributed by atoms with Crippen molar-refractivity contribution < 1.29 is 0 Å². The van der Waals surface area contributed by atoms with Crippen molar-refractivity contribution in [3.8, 4) is 33.0 Å². The molecular weight excluding hydrogens is 396 g/mol. The van der Waals surface area contributed by atoms with Crippen molar-refractivity contribution in [3.63, 3.8) is 0 Å². The van der Waals surface area contributed by atoms with Crippen molar-refractivity contribution in [2.45, 2.75) is 0 Å². The van der Waals surface area contributed by atoms with Crippen molar-refractivity contribution in [1.82, 2.24) is 9.97 Å². The summed E-state index contributed by atoms with van der Waals surface area (Å²) < 4.78 is 1.22. The summed E-state index contributed by atoms with van der Waals surface area (Å²) in [5.41, 5.74) is 6.78. The third-order valence-corrected chi connectivity index (χ3v) is 6.65. The van der Waals surface area contributed by atoms with Gasteiger partial charge in [0.1, 0.15) is 5.01 Å². The fraction of sp³-hybridized carbons (Fsp3) is 0. The Kier molecular flexibility index (Phi) is 4.33. The molecule has 0 saturated carbocycles. The van der Waals surface area contributed by atoms with Gasteiger partial charge in [-0.2, -0.15) is 0 Å². The molecule has 0 N–H and O–H groups in total. The van der Waals surface area contributed by atoms with Crippen LogP contribution in [0.2, 0.25) is 0 Å². The minimum Gasteiger partial charge on any atom is -0.256 e. The SMILES string of the molecule is c1ccc(-c2ccc(-c3ccc4cc(-c5nc6ccccc6s5)ccc4c3)cc2)nc1. The third kappa shape index (κ3) is 3.39. The summed E-state index contributed by atoms with van der Waals surface area (Å²) in [6, 6.07) is 36.2. The number of fused-ring (bicyclic) bond motifs is 2. The van der Waals surface area contributed by atoms with E-state index in [2.05, 4.69) is 83.8 Å². The quantitative estimate of drug-likeness (QED) is 0.295. The molecule has 6 rings (SSSR count). The van der Waals surface area contributed by atoms with E-state index < -0.39 is 0 Å². The molecule has 0 radical (unpaired) electrons. The maximum Gasteiger partial charge on any atom is 0.124 e. The third-order valence-electron chi connectivity index (χ3n) is 5.56. The number of thiazole rings is 1. The second-order valence-electron chi connectivity index (χ2n) is 7.56. The van der Waals surface area contributed by atoms with Gasteiger partial charge in [-0.25, -0.2) is 4.98 Å². The average molecular weight is 415 g/mol. The normalized spacial score (nSPS) is 11.2. The molecule has 2 heterocycles. The van der Waals surface area contributed by atoms with Crippen LogP contribution >= 0.6 is 11.3 Å². The van der Waals surface area contributed by atoms with Gasteiger partial charge in [-0.3, -0.25) is 4.98 Å². The van der Waals surface area contributed by atoms with Crippen LogP contribution in [0.25, 0.3) is 53.9 Å². The summed E-state index contributed by atoms with van der Waals surface area (Å²) in [5, 5.41) is 3.53. The van der Waals surface area contributed by atoms with Crippen LogP contribution in [0, 0.1) is 0 Å². The molecule has 2 aromatic heterocycles. The molecule has 3 heteroatoms. The van der Waals surface area contributed by atoms with Gasteiger partial charge in [-0.1, -0.05) is 66.7 Å². The van der Waals surface area contributed by atoms with Crippen molar-refractivity contribution in [2.24, 2.45) is 0 Å². The Bertz CT molecular complexity index is 1480. The molecule has 0 bridgehead atoms. The zero-order chi connectivity index (χ0) is 20.6. The van der Waals surface area contributed by atoms with Crippen molar-refractivity contribution >= 4 is 32.3 Å². The number of para-hydroxylation sites is 1. The van der Waals surface area contributed by atoms with Crippen molar-refractivity contribution in [3.05, 3.63) is 109 Å². The average Bonchev–Trinajstić information content (AvgIpc) is 3.28. The van der Waals surface area contributed by atoms with Crippen LogP contribution in [0.15, 0.2) is 109 Å². The maximum absolute atomic E-state index is 4.80. The molecule has 0 aliphatic carbocycles. The smallest absolute Gasteiger partial charge is 0.124 e. The second kappa shape index (κ2) is 7.46. The standard InChI is InChI=1S/C28H18N2S/c1-2-7-27-26(6-1)30-28(31-27)24-15-14-22-17-21(12-13-23(22)18-24)19-8-10-20(11-9-19)25-5-3-4-16-29-25/h1-18H. The van der Waals surface area contributed by atoms with Crippen LogP contribution in [0.3, 0.4) is 0 Å². The van der Waals surface area contributed by atoms with E-state index in [-0.39, 0.29) is 0 Å². The fourth-order valence-electron chi connectivity index (χ4n) is 3.92. The van der Waals surface area contributed by atoms with E-state index in [4.69, 9.17) is 4.98 Å². The number of hydrogen-bond acceptors (Lipinski definition) is 3. The second-order valence-corrected chi connectivity index (χ2v) is 8.59. The largest absolute Gasteiger partial charge is 0.256 e. The number of nitrogens with zero attached hydrogens (tertiary/aromatic N) is 2. The lowest BCUT2D eigenvalue weighted by atomic mass is 9.98. The first-order valence-corrected chi connectivity index (χ1v) is 11.1. The highest BCUT2D eigenvalue weighted by Crippen LogP contribution is 2.33. The molecule has 0 spiro atoms. The van der Waals surface area contributed by atoms with Crippen LogP contribution in [0.5, 0.6) is 0 Å².